The number of benzene rings is 1. The summed E-state index contributed by atoms with van der Waals surface area (Å²) >= 11 is 0. The second-order valence-corrected chi connectivity index (χ2v) is 4.44. The molecule has 0 bridgehead atoms. The first-order valence-electron chi connectivity index (χ1n) is 5.67. The molecule has 0 unspecified atom stereocenters. The van der Waals surface area contributed by atoms with Gasteiger partial charge in [-0.3, -0.25) is 4.79 Å². The van der Waals surface area contributed by atoms with Crippen molar-refractivity contribution in [1.82, 2.24) is 5.32 Å². The summed E-state index contributed by atoms with van der Waals surface area (Å²) < 4.78 is 0. The zero-order valence-corrected chi connectivity index (χ0v) is 9.94. The van der Waals surface area contributed by atoms with Crippen molar-refractivity contribution < 1.29 is 4.79 Å². The molecule has 0 saturated heterocycles. The normalized spacial score (nSPS) is 12.5. The predicted octanol–water partition coefficient (Wildman–Crippen LogP) is 1.68. The molecule has 0 aliphatic rings. The van der Waals surface area contributed by atoms with Gasteiger partial charge in [0.15, 0.2) is 0 Å². The Labute approximate surface area is 97.0 Å². The lowest BCUT2D eigenvalue weighted by Crippen LogP contribution is -2.40. The average molecular weight is 220 g/mol. The molecule has 3 heteroatoms. The van der Waals surface area contributed by atoms with Gasteiger partial charge in [-0.25, -0.2) is 0 Å². The van der Waals surface area contributed by atoms with Gasteiger partial charge in [-0.2, -0.15) is 0 Å². The first kappa shape index (κ1) is 12.7. The van der Waals surface area contributed by atoms with Crippen LogP contribution in [0.3, 0.4) is 0 Å². The van der Waals surface area contributed by atoms with Crippen molar-refractivity contribution in [1.29, 1.82) is 0 Å². The van der Waals surface area contributed by atoms with E-state index in [1.165, 1.54) is 0 Å². The van der Waals surface area contributed by atoms with Gasteiger partial charge in [0.05, 0.1) is 6.04 Å². The fourth-order valence-corrected chi connectivity index (χ4v) is 1.53. The third-order valence-corrected chi connectivity index (χ3v) is 2.37. The number of hydrogen-bond acceptors (Lipinski definition) is 2. The van der Waals surface area contributed by atoms with Crippen molar-refractivity contribution in [2.24, 2.45) is 11.7 Å². The fraction of sp³-hybridized carbons (Fsp3) is 0.462. The molecule has 1 atom stereocenters. The van der Waals surface area contributed by atoms with E-state index in [4.69, 9.17) is 5.73 Å². The van der Waals surface area contributed by atoms with Crippen molar-refractivity contribution in [3.05, 3.63) is 35.9 Å². The average Bonchev–Trinajstić information content (AvgIpc) is 2.26. The Balaban J connectivity index is 2.35. The Hall–Kier alpha value is -1.35. The predicted molar refractivity (Wildman–Crippen MR) is 65.7 cm³/mol. The molecule has 0 heterocycles. The summed E-state index contributed by atoms with van der Waals surface area (Å²) in [6, 6.07) is 9.42. The topological polar surface area (TPSA) is 55.1 Å². The third-order valence-electron chi connectivity index (χ3n) is 2.37. The zero-order chi connectivity index (χ0) is 12.0. The maximum atomic E-state index is 11.6. The molecule has 0 aliphatic carbocycles. The minimum Gasteiger partial charge on any atom is -0.351 e. The summed E-state index contributed by atoms with van der Waals surface area (Å²) in [5.74, 6) is 0.370. The van der Waals surface area contributed by atoms with Gasteiger partial charge in [-0.15, -0.1) is 0 Å². The minimum atomic E-state index is -0.399. The van der Waals surface area contributed by atoms with E-state index in [1.54, 1.807) is 0 Å². The highest BCUT2D eigenvalue weighted by Gasteiger charge is 2.13. The van der Waals surface area contributed by atoms with Crippen LogP contribution in [0.2, 0.25) is 0 Å². The van der Waals surface area contributed by atoms with Crippen molar-refractivity contribution in [2.45, 2.75) is 32.9 Å². The van der Waals surface area contributed by atoms with Crippen LogP contribution < -0.4 is 11.1 Å². The molecule has 16 heavy (non-hydrogen) atoms. The van der Waals surface area contributed by atoms with E-state index in [0.717, 1.165) is 12.0 Å². The number of amides is 1. The highest BCUT2D eigenvalue weighted by molar-refractivity contribution is 5.81. The number of rotatable bonds is 5. The molecular weight excluding hydrogens is 200 g/mol. The second kappa shape index (κ2) is 6.28. The molecule has 0 radical (unpaired) electrons. The molecule has 0 spiro atoms. The van der Waals surface area contributed by atoms with Crippen LogP contribution in [-0.4, -0.2) is 11.9 Å². The van der Waals surface area contributed by atoms with Crippen LogP contribution in [0.4, 0.5) is 0 Å². The van der Waals surface area contributed by atoms with E-state index in [-0.39, 0.29) is 5.91 Å². The monoisotopic (exact) mass is 220 g/mol. The van der Waals surface area contributed by atoms with E-state index >= 15 is 0 Å². The molecule has 3 N–H and O–H groups in total. The lowest BCUT2D eigenvalue weighted by atomic mass is 10.0. The Morgan fingerprint density at radius 3 is 2.50 bits per heavy atom. The Morgan fingerprint density at radius 2 is 1.94 bits per heavy atom. The highest BCUT2D eigenvalue weighted by Crippen LogP contribution is 2.03. The molecule has 1 amide bonds. The van der Waals surface area contributed by atoms with E-state index in [0.29, 0.717) is 12.5 Å². The van der Waals surface area contributed by atoms with Crippen LogP contribution >= 0.6 is 0 Å². The number of hydrogen-bond donors (Lipinski definition) is 2. The number of nitrogens with one attached hydrogen (secondary N) is 1. The van der Waals surface area contributed by atoms with Gasteiger partial charge < -0.3 is 11.1 Å². The first-order chi connectivity index (χ1) is 7.59. The van der Waals surface area contributed by atoms with Gasteiger partial charge in [0.1, 0.15) is 0 Å². The van der Waals surface area contributed by atoms with Crippen LogP contribution in [0.15, 0.2) is 30.3 Å². The van der Waals surface area contributed by atoms with E-state index in [2.05, 4.69) is 19.2 Å². The van der Waals surface area contributed by atoms with E-state index in [1.807, 2.05) is 30.3 Å². The maximum Gasteiger partial charge on any atom is 0.237 e. The van der Waals surface area contributed by atoms with Gasteiger partial charge in [0.25, 0.3) is 0 Å². The van der Waals surface area contributed by atoms with Gasteiger partial charge in [0, 0.05) is 6.54 Å². The Bertz CT molecular complexity index is 322. The molecule has 1 aromatic rings. The van der Waals surface area contributed by atoms with Gasteiger partial charge in [-0.05, 0) is 17.9 Å². The fourth-order valence-electron chi connectivity index (χ4n) is 1.53. The van der Waals surface area contributed by atoms with Crippen LogP contribution in [0.1, 0.15) is 25.8 Å². The number of nitrogens with two attached hydrogens (primary N) is 1. The molecule has 3 nitrogen and oxygen atoms in total. The molecule has 0 aromatic heterocycles. The molecule has 0 saturated carbocycles. The number of carbonyl (C=O) groups excluding carboxylic acids is 1. The van der Waals surface area contributed by atoms with Gasteiger partial charge in [0.2, 0.25) is 5.91 Å². The smallest absolute Gasteiger partial charge is 0.237 e. The summed E-state index contributed by atoms with van der Waals surface area (Å²) in [7, 11) is 0. The van der Waals surface area contributed by atoms with Crippen LogP contribution in [0.5, 0.6) is 0 Å². The quantitative estimate of drug-likeness (QED) is 0.793. The lowest BCUT2D eigenvalue weighted by molar-refractivity contribution is -0.122. The first-order valence-corrected chi connectivity index (χ1v) is 5.67. The standard InChI is InChI=1S/C13H20N2O/c1-10(2)8-12(14)13(16)15-9-11-6-4-3-5-7-11/h3-7,10,12H,8-9,14H2,1-2H3,(H,15,16)/t12-/m1/s1. The van der Waals surface area contributed by atoms with Crippen LogP contribution in [0, 0.1) is 5.92 Å². The second-order valence-electron chi connectivity index (χ2n) is 4.44. The molecule has 0 fully saturated rings. The van der Waals surface area contributed by atoms with Crippen molar-refractivity contribution in [2.75, 3.05) is 0 Å². The summed E-state index contributed by atoms with van der Waals surface area (Å²) in [5.41, 5.74) is 6.86. The summed E-state index contributed by atoms with van der Waals surface area (Å²) in [5, 5.41) is 2.84. The summed E-state index contributed by atoms with van der Waals surface area (Å²) in [6.45, 7) is 4.67. The Morgan fingerprint density at radius 1 is 1.31 bits per heavy atom. The van der Waals surface area contributed by atoms with Crippen molar-refractivity contribution in [3.8, 4) is 0 Å². The minimum absolute atomic E-state index is 0.0717. The SMILES string of the molecule is CC(C)C[C@@H](N)C(=O)NCc1ccccc1. The molecule has 0 aliphatic heterocycles. The maximum absolute atomic E-state index is 11.6. The van der Waals surface area contributed by atoms with Crippen LogP contribution in [0.25, 0.3) is 0 Å². The molecule has 88 valence electrons. The zero-order valence-electron chi connectivity index (χ0n) is 9.94. The largest absolute Gasteiger partial charge is 0.351 e. The van der Waals surface area contributed by atoms with Crippen molar-refractivity contribution >= 4 is 5.91 Å². The number of carbonyl (C=O) groups is 1. The lowest BCUT2D eigenvalue weighted by Gasteiger charge is -2.14. The van der Waals surface area contributed by atoms with Gasteiger partial charge in [-0.1, -0.05) is 44.2 Å². The highest BCUT2D eigenvalue weighted by atomic mass is 16.2. The van der Waals surface area contributed by atoms with Crippen LogP contribution in [-0.2, 0) is 11.3 Å². The summed E-state index contributed by atoms with van der Waals surface area (Å²) in [6.07, 6.45) is 0.723. The molecular formula is C13H20N2O. The van der Waals surface area contributed by atoms with E-state index in [9.17, 15) is 4.79 Å². The third kappa shape index (κ3) is 4.45. The summed E-state index contributed by atoms with van der Waals surface area (Å²) in [4.78, 5) is 11.6. The van der Waals surface area contributed by atoms with Gasteiger partial charge >= 0.3 is 0 Å². The molecule has 1 rings (SSSR count). The Kier molecular flexibility index (Phi) is 4.99. The van der Waals surface area contributed by atoms with Crippen molar-refractivity contribution in [3.63, 3.8) is 0 Å². The molecule has 1 aromatic carbocycles. The van der Waals surface area contributed by atoms with E-state index < -0.39 is 6.04 Å².